The van der Waals surface area contributed by atoms with Crippen LogP contribution in [0.25, 0.3) is 0 Å². The highest BCUT2D eigenvalue weighted by atomic mass is 19.4. The van der Waals surface area contributed by atoms with Gasteiger partial charge in [0.15, 0.2) is 0 Å². The number of piperazine rings is 1. The number of aromatic nitrogens is 3. The highest BCUT2D eigenvalue weighted by Gasteiger charge is 2.35. The molecule has 3 heterocycles. The predicted octanol–water partition coefficient (Wildman–Crippen LogP) is 4.82. The molecule has 0 bridgehead atoms. The molecule has 1 fully saturated rings. The summed E-state index contributed by atoms with van der Waals surface area (Å²) < 4.78 is 46.8. The van der Waals surface area contributed by atoms with E-state index >= 15 is 0 Å². The molecule has 0 saturated carbocycles. The summed E-state index contributed by atoms with van der Waals surface area (Å²) in [6, 6.07) is 9.56. The lowest BCUT2D eigenvalue weighted by atomic mass is 10.1. The van der Waals surface area contributed by atoms with E-state index in [9.17, 15) is 22.8 Å². The standard InChI is InChI=1S/C28H31F3N8O3/c1-5-23(40)33-18-7-6-8-19(15-18)34-24-20(28(29,30)31)16-32-27(37-24)35-21-9-10-22(36-25(21)42-4)38-11-13-39(14-12-38)26(41)17(2)3/h5-10,15-17H,1,11-14H2,2-4H3,(H,33,40)(H2,32,34,35,37). The Balaban J connectivity index is 1.54. The van der Waals surface area contributed by atoms with Gasteiger partial charge in [0.2, 0.25) is 23.6 Å². The van der Waals surface area contributed by atoms with Crippen molar-refractivity contribution in [3.8, 4) is 5.88 Å². The van der Waals surface area contributed by atoms with Crippen molar-refractivity contribution < 1.29 is 27.5 Å². The van der Waals surface area contributed by atoms with Gasteiger partial charge in [0.05, 0.1) is 7.11 Å². The molecule has 222 valence electrons. The Morgan fingerprint density at radius 2 is 1.76 bits per heavy atom. The Morgan fingerprint density at radius 1 is 1.05 bits per heavy atom. The van der Waals surface area contributed by atoms with Gasteiger partial charge in [-0.1, -0.05) is 26.5 Å². The molecule has 0 unspecified atom stereocenters. The first-order chi connectivity index (χ1) is 20.0. The number of nitrogens with zero attached hydrogens (tertiary/aromatic N) is 5. The van der Waals surface area contributed by atoms with Crippen molar-refractivity contribution in [2.24, 2.45) is 5.92 Å². The Hall–Kier alpha value is -4.88. The monoisotopic (exact) mass is 584 g/mol. The van der Waals surface area contributed by atoms with E-state index in [0.717, 1.165) is 6.08 Å². The summed E-state index contributed by atoms with van der Waals surface area (Å²) in [4.78, 5) is 40.2. The van der Waals surface area contributed by atoms with Gasteiger partial charge in [0.1, 0.15) is 22.9 Å². The lowest BCUT2D eigenvalue weighted by molar-refractivity contribution is -0.137. The fraction of sp³-hybridized carbons (Fsp3) is 0.321. The Morgan fingerprint density at radius 3 is 2.40 bits per heavy atom. The van der Waals surface area contributed by atoms with Crippen LogP contribution in [0.2, 0.25) is 0 Å². The molecular weight excluding hydrogens is 553 g/mol. The molecule has 14 heteroatoms. The number of benzene rings is 1. The lowest BCUT2D eigenvalue weighted by Gasteiger charge is -2.36. The molecule has 1 saturated heterocycles. The average molecular weight is 585 g/mol. The number of anilines is 6. The van der Waals surface area contributed by atoms with E-state index in [1.54, 1.807) is 24.3 Å². The predicted molar refractivity (Wildman–Crippen MR) is 153 cm³/mol. The molecule has 3 aromatic rings. The van der Waals surface area contributed by atoms with Crippen LogP contribution in [0.4, 0.5) is 47.8 Å². The maximum absolute atomic E-state index is 13.8. The highest BCUT2D eigenvalue weighted by molar-refractivity contribution is 5.99. The van der Waals surface area contributed by atoms with E-state index in [2.05, 4.69) is 37.5 Å². The van der Waals surface area contributed by atoms with Crippen molar-refractivity contribution in [3.05, 3.63) is 60.8 Å². The van der Waals surface area contributed by atoms with Gasteiger partial charge in [-0.25, -0.2) is 4.98 Å². The summed E-state index contributed by atoms with van der Waals surface area (Å²) in [6.45, 7) is 9.45. The van der Waals surface area contributed by atoms with E-state index < -0.39 is 23.5 Å². The van der Waals surface area contributed by atoms with Crippen LogP contribution in [-0.4, -0.2) is 65.0 Å². The molecule has 1 aliphatic rings. The number of pyridine rings is 1. The quantitative estimate of drug-likeness (QED) is 0.304. The van der Waals surface area contributed by atoms with Gasteiger partial charge < -0.3 is 30.5 Å². The van der Waals surface area contributed by atoms with Crippen LogP contribution in [0.1, 0.15) is 19.4 Å². The molecule has 3 N–H and O–H groups in total. The second kappa shape index (κ2) is 12.7. The summed E-state index contributed by atoms with van der Waals surface area (Å²) in [6.07, 6.45) is -2.98. The summed E-state index contributed by atoms with van der Waals surface area (Å²) in [5, 5.41) is 8.10. The van der Waals surface area contributed by atoms with Crippen molar-refractivity contribution in [3.63, 3.8) is 0 Å². The molecule has 0 radical (unpaired) electrons. The fourth-order valence-corrected chi connectivity index (χ4v) is 4.25. The largest absolute Gasteiger partial charge is 0.479 e. The number of ether oxygens (including phenoxy) is 1. The molecule has 42 heavy (non-hydrogen) atoms. The minimum atomic E-state index is -4.74. The van der Waals surface area contributed by atoms with Crippen LogP contribution in [0, 0.1) is 5.92 Å². The third kappa shape index (κ3) is 7.25. The van der Waals surface area contributed by atoms with E-state index in [0.29, 0.717) is 49.6 Å². The number of alkyl halides is 3. The second-order valence-electron chi connectivity index (χ2n) is 9.67. The molecular formula is C28H31F3N8O3. The zero-order valence-electron chi connectivity index (χ0n) is 23.3. The molecule has 11 nitrogen and oxygen atoms in total. The van der Waals surface area contributed by atoms with Gasteiger partial charge in [-0.15, -0.1) is 0 Å². The molecule has 2 amide bonds. The highest BCUT2D eigenvalue weighted by Crippen LogP contribution is 2.36. The number of hydrogen-bond donors (Lipinski definition) is 3. The van der Waals surface area contributed by atoms with E-state index in [4.69, 9.17) is 4.74 Å². The average Bonchev–Trinajstić information content (AvgIpc) is 2.96. The van der Waals surface area contributed by atoms with Crippen LogP contribution < -0.4 is 25.6 Å². The third-order valence-corrected chi connectivity index (χ3v) is 6.37. The van der Waals surface area contributed by atoms with Gasteiger partial charge >= 0.3 is 6.18 Å². The summed E-state index contributed by atoms with van der Waals surface area (Å²) in [5.41, 5.74) is -0.126. The fourth-order valence-electron chi connectivity index (χ4n) is 4.25. The van der Waals surface area contributed by atoms with Crippen LogP contribution in [0.5, 0.6) is 5.88 Å². The third-order valence-electron chi connectivity index (χ3n) is 6.37. The van der Waals surface area contributed by atoms with Gasteiger partial charge in [-0.3, -0.25) is 9.59 Å². The lowest BCUT2D eigenvalue weighted by Crippen LogP contribution is -2.50. The zero-order chi connectivity index (χ0) is 30.4. The summed E-state index contributed by atoms with van der Waals surface area (Å²) >= 11 is 0. The maximum atomic E-state index is 13.8. The minimum absolute atomic E-state index is 0.0709. The number of hydrogen-bond acceptors (Lipinski definition) is 9. The number of halogens is 3. The van der Waals surface area contributed by atoms with Gasteiger partial charge in [0.25, 0.3) is 0 Å². The Labute approximate surface area is 240 Å². The van der Waals surface area contributed by atoms with Crippen LogP contribution >= 0.6 is 0 Å². The Kier molecular flexibility index (Phi) is 9.13. The number of carbonyl (C=O) groups excluding carboxylic acids is 2. The molecule has 2 aromatic heterocycles. The van der Waals surface area contributed by atoms with Crippen molar-refractivity contribution >= 4 is 46.5 Å². The molecule has 4 rings (SSSR count). The van der Waals surface area contributed by atoms with Crippen molar-refractivity contribution in [2.45, 2.75) is 20.0 Å². The molecule has 1 aliphatic heterocycles. The molecule has 0 atom stereocenters. The van der Waals surface area contributed by atoms with Crippen molar-refractivity contribution in [1.29, 1.82) is 0 Å². The molecule has 1 aromatic carbocycles. The summed E-state index contributed by atoms with van der Waals surface area (Å²) in [7, 11) is 1.43. The smallest absolute Gasteiger partial charge is 0.421 e. The van der Waals surface area contributed by atoms with E-state index in [1.165, 1.54) is 19.2 Å². The SMILES string of the molecule is C=CC(=O)Nc1cccc(Nc2nc(Nc3ccc(N4CCN(C(=O)C(C)C)CC4)nc3OC)ncc2C(F)(F)F)c1. The minimum Gasteiger partial charge on any atom is -0.479 e. The number of methoxy groups -OCH3 is 1. The number of rotatable bonds is 9. The van der Waals surface area contributed by atoms with Crippen LogP contribution in [0.15, 0.2) is 55.3 Å². The number of nitrogens with one attached hydrogen (secondary N) is 3. The number of carbonyl (C=O) groups is 2. The van der Waals surface area contributed by atoms with E-state index in [-0.39, 0.29) is 29.3 Å². The topological polar surface area (TPSA) is 125 Å². The van der Waals surface area contributed by atoms with Crippen LogP contribution in [-0.2, 0) is 15.8 Å². The molecule has 0 spiro atoms. The first kappa shape index (κ1) is 30.1. The van der Waals surface area contributed by atoms with Gasteiger partial charge in [-0.05, 0) is 36.4 Å². The number of amides is 2. The van der Waals surface area contributed by atoms with Gasteiger partial charge in [0, 0.05) is 49.7 Å². The normalized spacial score (nSPS) is 13.5. The Bertz CT molecular complexity index is 1460. The molecule has 0 aliphatic carbocycles. The van der Waals surface area contributed by atoms with Crippen molar-refractivity contribution in [1.82, 2.24) is 19.9 Å². The maximum Gasteiger partial charge on any atom is 0.421 e. The first-order valence-electron chi connectivity index (χ1n) is 13.1. The van der Waals surface area contributed by atoms with E-state index in [1.807, 2.05) is 23.6 Å². The second-order valence-corrected chi connectivity index (χ2v) is 9.67. The zero-order valence-corrected chi connectivity index (χ0v) is 23.3. The van der Waals surface area contributed by atoms with Crippen LogP contribution in [0.3, 0.4) is 0 Å². The summed E-state index contributed by atoms with van der Waals surface area (Å²) in [5.74, 6) is -0.227. The van der Waals surface area contributed by atoms with Crippen molar-refractivity contribution in [2.75, 3.05) is 54.1 Å². The first-order valence-corrected chi connectivity index (χ1v) is 13.1. The van der Waals surface area contributed by atoms with Gasteiger partial charge in [-0.2, -0.15) is 23.1 Å².